The summed E-state index contributed by atoms with van der Waals surface area (Å²) in [6, 6.07) is 3.10. The molecule has 3 N–H and O–H groups in total. The van der Waals surface area contributed by atoms with E-state index in [1.54, 1.807) is 12.1 Å². The molecule has 1 fully saturated rings. The summed E-state index contributed by atoms with van der Waals surface area (Å²) in [6.07, 6.45) is 5.35. The highest BCUT2D eigenvalue weighted by Gasteiger charge is 2.15. The number of rotatable bonds is 6. The lowest BCUT2D eigenvalue weighted by atomic mass is 10.1. The Kier molecular flexibility index (Phi) is 6.15. The molecule has 2 rings (SSSR count). The Hall–Kier alpha value is -0.970. The largest absolute Gasteiger partial charge is 0.397 e. The number of carbonyl (C=O) groups excluding carboxylic acids is 1. The number of benzene rings is 1. The van der Waals surface area contributed by atoms with Crippen molar-refractivity contribution in [3.05, 3.63) is 22.2 Å². The van der Waals surface area contributed by atoms with E-state index >= 15 is 0 Å². The van der Waals surface area contributed by atoms with Crippen molar-refractivity contribution >= 4 is 40.5 Å². The lowest BCUT2D eigenvalue weighted by Crippen LogP contribution is -2.16. The maximum Gasteiger partial charge on any atom is 0.226 e. The Morgan fingerprint density at radius 3 is 2.71 bits per heavy atom. The van der Waals surface area contributed by atoms with E-state index in [0.29, 0.717) is 33.9 Å². The minimum absolute atomic E-state index is 0.169. The first kappa shape index (κ1) is 16.4. The molecule has 4 nitrogen and oxygen atoms in total. The van der Waals surface area contributed by atoms with E-state index in [1.165, 1.54) is 25.7 Å². The van der Waals surface area contributed by atoms with Gasteiger partial charge in [-0.1, -0.05) is 36.0 Å². The molecule has 0 unspecified atom stereocenters. The number of ether oxygens (including phenoxy) is 1. The summed E-state index contributed by atoms with van der Waals surface area (Å²) in [5, 5.41) is 3.47. The highest BCUT2D eigenvalue weighted by Crippen LogP contribution is 2.32. The van der Waals surface area contributed by atoms with Crippen molar-refractivity contribution in [2.75, 3.05) is 24.3 Å². The van der Waals surface area contributed by atoms with Crippen molar-refractivity contribution in [3.8, 4) is 0 Å². The summed E-state index contributed by atoms with van der Waals surface area (Å²) in [7, 11) is 0. The van der Waals surface area contributed by atoms with Gasteiger partial charge in [-0.3, -0.25) is 4.79 Å². The molecule has 0 heterocycles. The second-order valence-corrected chi connectivity index (χ2v) is 6.22. The van der Waals surface area contributed by atoms with Gasteiger partial charge in [0.1, 0.15) is 0 Å². The fourth-order valence-corrected chi connectivity index (χ4v) is 3.08. The first-order valence-electron chi connectivity index (χ1n) is 7.18. The maximum atomic E-state index is 11.9. The quantitative estimate of drug-likeness (QED) is 0.609. The maximum absolute atomic E-state index is 11.9. The topological polar surface area (TPSA) is 64.3 Å². The number of nitrogens with one attached hydrogen (secondary N) is 1. The first-order valence-corrected chi connectivity index (χ1v) is 7.94. The van der Waals surface area contributed by atoms with Gasteiger partial charge in [0, 0.05) is 11.6 Å². The molecule has 1 amide bonds. The molecule has 0 bridgehead atoms. The highest BCUT2D eigenvalue weighted by atomic mass is 35.5. The van der Waals surface area contributed by atoms with Crippen LogP contribution in [0.2, 0.25) is 10.0 Å². The number of hydrogen-bond acceptors (Lipinski definition) is 3. The van der Waals surface area contributed by atoms with Crippen LogP contribution in [0.15, 0.2) is 12.1 Å². The standard InChI is InChI=1S/C15H20Cl2N2O2/c16-11-7-12(17)15(13(18)8-11)19-14(20)5-6-21-9-10-3-1-2-4-10/h7-8,10H,1-6,9,18H2,(H,19,20). The third-order valence-corrected chi connectivity index (χ3v) is 4.17. The van der Waals surface area contributed by atoms with Crippen molar-refractivity contribution < 1.29 is 9.53 Å². The van der Waals surface area contributed by atoms with Crippen LogP contribution in [0.5, 0.6) is 0 Å². The smallest absolute Gasteiger partial charge is 0.226 e. The average molecular weight is 331 g/mol. The van der Waals surface area contributed by atoms with Gasteiger partial charge >= 0.3 is 0 Å². The highest BCUT2D eigenvalue weighted by molar-refractivity contribution is 6.37. The van der Waals surface area contributed by atoms with Crippen LogP contribution < -0.4 is 11.1 Å². The van der Waals surface area contributed by atoms with E-state index in [2.05, 4.69) is 5.32 Å². The molecule has 1 saturated carbocycles. The molecule has 1 aromatic rings. The molecule has 21 heavy (non-hydrogen) atoms. The van der Waals surface area contributed by atoms with Gasteiger partial charge in [0.05, 0.1) is 29.4 Å². The molecule has 0 radical (unpaired) electrons. The minimum atomic E-state index is -0.169. The molecule has 0 aromatic heterocycles. The summed E-state index contributed by atoms with van der Waals surface area (Å²) in [5.41, 5.74) is 6.55. The van der Waals surface area contributed by atoms with Crippen LogP contribution in [-0.4, -0.2) is 19.1 Å². The zero-order valence-electron chi connectivity index (χ0n) is 11.8. The van der Waals surface area contributed by atoms with E-state index in [9.17, 15) is 4.79 Å². The first-order chi connectivity index (χ1) is 10.1. The van der Waals surface area contributed by atoms with E-state index in [4.69, 9.17) is 33.7 Å². The molecule has 1 aromatic carbocycles. The number of hydrogen-bond donors (Lipinski definition) is 2. The number of nitrogen functional groups attached to an aromatic ring is 1. The van der Waals surface area contributed by atoms with Gasteiger partial charge in [-0.2, -0.15) is 0 Å². The van der Waals surface area contributed by atoms with Crippen LogP contribution in [0.4, 0.5) is 11.4 Å². The number of nitrogens with two attached hydrogens (primary N) is 1. The summed E-state index contributed by atoms with van der Waals surface area (Å²) in [6.45, 7) is 1.16. The monoisotopic (exact) mass is 330 g/mol. The van der Waals surface area contributed by atoms with Crippen LogP contribution in [0.25, 0.3) is 0 Å². The Bertz CT molecular complexity index is 479. The predicted molar refractivity (Wildman–Crippen MR) is 86.9 cm³/mol. The SMILES string of the molecule is Nc1cc(Cl)cc(Cl)c1NC(=O)CCOCC1CCCC1. The van der Waals surface area contributed by atoms with Crippen molar-refractivity contribution in [1.29, 1.82) is 0 Å². The molecular formula is C15H20Cl2N2O2. The fraction of sp³-hybridized carbons (Fsp3) is 0.533. The van der Waals surface area contributed by atoms with Crippen molar-refractivity contribution in [2.45, 2.75) is 32.1 Å². The van der Waals surface area contributed by atoms with E-state index in [0.717, 1.165) is 6.61 Å². The molecule has 0 spiro atoms. The molecule has 116 valence electrons. The van der Waals surface area contributed by atoms with Gasteiger partial charge in [0.2, 0.25) is 5.91 Å². The number of anilines is 2. The van der Waals surface area contributed by atoms with Crippen LogP contribution in [0.3, 0.4) is 0 Å². The molecular weight excluding hydrogens is 311 g/mol. The summed E-state index contributed by atoms with van der Waals surface area (Å²) < 4.78 is 5.56. The van der Waals surface area contributed by atoms with Crippen LogP contribution in [0.1, 0.15) is 32.1 Å². The van der Waals surface area contributed by atoms with Gasteiger partial charge in [-0.25, -0.2) is 0 Å². The minimum Gasteiger partial charge on any atom is -0.397 e. The van der Waals surface area contributed by atoms with E-state index < -0.39 is 0 Å². The molecule has 0 atom stereocenters. The number of carbonyl (C=O) groups is 1. The molecule has 6 heteroatoms. The van der Waals surface area contributed by atoms with Gasteiger partial charge in [-0.05, 0) is 30.9 Å². The fourth-order valence-electron chi connectivity index (χ4n) is 2.52. The Labute approximate surface area is 134 Å². The molecule has 1 aliphatic carbocycles. The van der Waals surface area contributed by atoms with Gasteiger partial charge in [-0.15, -0.1) is 0 Å². The third-order valence-electron chi connectivity index (χ3n) is 3.65. The Morgan fingerprint density at radius 1 is 1.33 bits per heavy atom. The Balaban J connectivity index is 1.74. The Morgan fingerprint density at radius 2 is 2.05 bits per heavy atom. The van der Waals surface area contributed by atoms with Crippen LogP contribution in [0, 0.1) is 5.92 Å². The lowest BCUT2D eigenvalue weighted by Gasteiger charge is -2.12. The molecule has 0 saturated heterocycles. The van der Waals surface area contributed by atoms with E-state index in [-0.39, 0.29) is 12.3 Å². The number of amides is 1. The van der Waals surface area contributed by atoms with Crippen LogP contribution in [-0.2, 0) is 9.53 Å². The average Bonchev–Trinajstić information content (AvgIpc) is 2.92. The summed E-state index contributed by atoms with van der Waals surface area (Å²) in [5.74, 6) is 0.492. The van der Waals surface area contributed by atoms with E-state index in [1.807, 2.05) is 0 Å². The zero-order chi connectivity index (χ0) is 15.2. The summed E-state index contributed by atoms with van der Waals surface area (Å²) >= 11 is 11.8. The van der Waals surface area contributed by atoms with Crippen molar-refractivity contribution in [3.63, 3.8) is 0 Å². The lowest BCUT2D eigenvalue weighted by molar-refractivity contribution is -0.117. The van der Waals surface area contributed by atoms with Crippen molar-refractivity contribution in [2.24, 2.45) is 5.92 Å². The van der Waals surface area contributed by atoms with Gasteiger partial charge in [0.15, 0.2) is 0 Å². The van der Waals surface area contributed by atoms with Crippen LogP contribution >= 0.6 is 23.2 Å². The predicted octanol–water partition coefficient (Wildman–Crippen LogP) is 4.11. The van der Waals surface area contributed by atoms with Gasteiger partial charge < -0.3 is 15.8 Å². The normalized spacial score (nSPS) is 15.3. The molecule has 0 aliphatic heterocycles. The van der Waals surface area contributed by atoms with Gasteiger partial charge in [0.25, 0.3) is 0 Å². The van der Waals surface area contributed by atoms with Crippen molar-refractivity contribution in [1.82, 2.24) is 0 Å². The zero-order valence-corrected chi connectivity index (χ0v) is 13.3. The second kappa shape index (κ2) is 7.87. The third kappa shape index (κ3) is 5.06. The molecule has 1 aliphatic rings. The second-order valence-electron chi connectivity index (χ2n) is 5.38. The summed E-state index contributed by atoms with van der Waals surface area (Å²) in [4.78, 5) is 11.9. The number of halogens is 2.